The number of benzene rings is 2. The van der Waals surface area contributed by atoms with Crippen LogP contribution in [0.3, 0.4) is 0 Å². The summed E-state index contributed by atoms with van der Waals surface area (Å²) in [4.78, 5) is 17.1. The van der Waals surface area contributed by atoms with Crippen LogP contribution in [0.4, 0.5) is 5.82 Å². The van der Waals surface area contributed by atoms with Gasteiger partial charge in [0.05, 0.1) is 24.4 Å². The van der Waals surface area contributed by atoms with E-state index >= 15 is 0 Å². The number of anilines is 1. The Morgan fingerprint density at radius 3 is 2.62 bits per heavy atom. The lowest BCUT2D eigenvalue weighted by atomic mass is 9.79. The normalized spacial score (nSPS) is 19.7. The van der Waals surface area contributed by atoms with Crippen LogP contribution in [-0.4, -0.2) is 69.7 Å². The first-order valence-corrected chi connectivity index (χ1v) is 14.4. The van der Waals surface area contributed by atoms with Crippen molar-refractivity contribution in [1.29, 1.82) is 0 Å². The van der Waals surface area contributed by atoms with Gasteiger partial charge in [-0.2, -0.15) is 0 Å². The Bertz CT molecular complexity index is 1620. The number of morpholine rings is 1. The molecule has 1 aliphatic carbocycles. The number of hydrogen-bond acceptors (Lipinski definition) is 7. The van der Waals surface area contributed by atoms with E-state index in [1.54, 1.807) is 6.20 Å². The summed E-state index contributed by atoms with van der Waals surface area (Å²) in [5.41, 5.74) is 12.2. The SMILES string of the molecule is Nc1nccn2c1c(-c1ccc3ccc(-c4ccccc4)nc3c1)nc2[C@H]1C[C@@H](NCCCN2CCOCC2)C1. The highest BCUT2D eigenvalue weighted by atomic mass is 16.5. The lowest BCUT2D eigenvalue weighted by Crippen LogP contribution is -2.42. The molecule has 3 N–H and O–H groups in total. The van der Waals surface area contributed by atoms with Crippen molar-refractivity contribution >= 4 is 22.2 Å². The summed E-state index contributed by atoms with van der Waals surface area (Å²) in [6, 6.07) is 21.4. The van der Waals surface area contributed by atoms with E-state index in [1.165, 1.54) is 6.42 Å². The maximum Gasteiger partial charge on any atom is 0.150 e. The summed E-state index contributed by atoms with van der Waals surface area (Å²) in [5.74, 6) is 1.96. The predicted octanol–water partition coefficient (Wildman–Crippen LogP) is 4.75. The fraction of sp³-hybridized carbons (Fsp3) is 0.344. The average Bonchev–Trinajstić information content (AvgIpc) is 3.37. The van der Waals surface area contributed by atoms with Crippen LogP contribution in [0, 0.1) is 0 Å². The zero-order valence-electron chi connectivity index (χ0n) is 22.7. The Labute approximate surface area is 234 Å². The van der Waals surface area contributed by atoms with Gasteiger partial charge in [-0.1, -0.05) is 48.5 Å². The van der Waals surface area contributed by atoms with Crippen molar-refractivity contribution in [2.24, 2.45) is 0 Å². The third-order valence-electron chi connectivity index (χ3n) is 8.34. The second kappa shape index (κ2) is 11.0. The molecule has 2 aliphatic rings. The minimum atomic E-state index is 0.392. The smallest absolute Gasteiger partial charge is 0.150 e. The molecule has 2 fully saturated rings. The minimum absolute atomic E-state index is 0.392. The van der Waals surface area contributed by atoms with Gasteiger partial charge in [-0.15, -0.1) is 0 Å². The molecule has 5 aromatic rings. The maximum absolute atomic E-state index is 6.44. The maximum atomic E-state index is 6.44. The number of nitrogens with zero attached hydrogens (tertiary/aromatic N) is 5. The monoisotopic (exact) mass is 533 g/mol. The van der Waals surface area contributed by atoms with Crippen LogP contribution in [0.25, 0.3) is 38.9 Å². The molecule has 7 rings (SSSR count). The van der Waals surface area contributed by atoms with Gasteiger partial charge in [0.25, 0.3) is 0 Å². The minimum Gasteiger partial charge on any atom is -0.382 e. The van der Waals surface area contributed by atoms with Crippen LogP contribution in [0.15, 0.2) is 73.1 Å². The number of rotatable bonds is 8. The van der Waals surface area contributed by atoms with E-state index in [4.69, 9.17) is 20.4 Å². The van der Waals surface area contributed by atoms with Crippen molar-refractivity contribution in [1.82, 2.24) is 29.6 Å². The number of pyridine rings is 1. The standard InChI is InChI=1S/C32H35N7O/c33-31-30-29(24-8-7-23-9-10-27(36-28(23)21-24)22-5-2-1-3-6-22)37-32(39(30)14-12-35-31)25-19-26(20-25)34-11-4-13-38-15-17-40-18-16-38/h1-3,5-10,12,14,21,25-26,34H,4,11,13,15-20H2,(H2,33,35)/t25-,26+. The van der Waals surface area contributed by atoms with Gasteiger partial charge >= 0.3 is 0 Å². The summed E-state index contributed by atoms with van der Waals surface area (Å²) >= 11 is 0. The third-order valence-corrected chi connectivity index (χ3v) is 8.34. The number of nitrogens with two attached hydrogens (primary N) is 1. The number of nitrogen functional groups attached to an aromatic ring is 1. The highest BCUT2D eigenvalue weighted by molar-refractivity contribution is 5.91. The molecule has 0 bridgehead atoms. The highest BCUT2D eigenvalue weighted by Gasteiger charge is 2.34. The van der Waals surface area contributed by atoms with E-state index in [9.17, 15) is 0 Å². The molecule has 8 heteroatoms. The van der Waals surface area contributed by atoms with Crippen molar-refractivity contribution in [2.45, 2.75) is 31.2 Å². The summed E-state index contributed by atoms with van der Waals surface area (Å²) < 4.78 is 7.60. The first-order valence-electron chi connectivity index (χ1n) is 14.4. The van der Waals surface area contributed by atoms with Crippen molar-refractivity contribution in [3.05, 3.63) is 78.9 Å². The first kappa shape index (κ1) is 25.1. The van der Waals surface area contributed by atoms with Crippen LogP contribution in [0.2, 0.25) is 0 Å². The van der Waals surface area contributed by atoms with Gasteiger partial charge in [-0.05, 0) is 44.5 Å². The highest BCUT2D eigenvalue weighted by Crippen LogP contribution is 2.40. The van der Waals surface area contributed by atoms with Gasteiger partial charge < -0.3 is 15.8 Å². The average molecular weight is 534 g/mol. The van der Waals surface area contributed by atoms with Crippen LogP contribution in [0.5, 0.6) is 0 Å². The predicted molar refractivity (Wildman–Crippen MR) is 159 cm³/mol. The first-order chi connectivity index (χ1) is 19.7. The number of imidazole rings is 1. The van der Waals surface area contributed by atoms with E-state index in [0.29, 0.717) is 17.8 Å². The Hall–Kier alpha value is -3.85. The lowest BCUT2D eigenvalue weighted by molar-refractivity contribution is 0.0372. The summed E-state index contributed by atoms with van der Waals surface area (Å²) in [7, 11) is 0. The number of ether oxygens (including phenoxy) is 1. The fourth-order valence-corrected chi connectivity index (χ4v) is 6.04. The van der Waals surface area contributed by atoms with E-state index in [0.717, 1.165) is 97.0 Å². The lowest BCUT2D eigenvalue weighted by Gasteiger charge is -2.35. The molecular formula is C32H35N7O. The quantitative estimate of drug-likeness (QED) is 0.278. The van der Waals surface area contributed by atoms with E-state index < -0.39 is 0 Å². The van der Waals surface area contributed by atoms with Gasteiger partial charge in [0.15, 0.2) is 0 Å². The second-order valence-electron chi connectivity index (χ2n) is 10.9. The molecule has 2 aromatic carbocycles. The topological polar surface area (TPSA) is 93.6 Å². The zero-order chi connectivity index (χ0) is 26.9. The third kappa shape index (κ3) is 4.94. The Balaban J connectivity index is 1.10. The number of nitrogens with one attached hydrogen (secondary N) is 1. The molecule has 0 radical (unpaired) electrons. The molecule has 1 saturated carbocycles. The largest absolute Gasteiger partial charge is 0.382 e. The van der Waals surface area contributed by atoms with Crippen molar-refractivity contribution in [2.75, 3.05) is 45.1 Å². The number of aromatic nitrogens is 4. The van der Waals surface area contributed by atoms with Gasteiger partial charge in [-0.25, -0.2) is 15.0 Å². The molecule has 1 saturated heterocycles. The zero-order valence-corrected chi connectivity index (χ0v) is 22.7. The molecule has 0 spiro atoms. The van der Waals surface area contributed by atoms with Crippen molar-refractivity contribution in [3.8, 4) is 22.5 Å². The number of hydrogen-bond donors (Lipinski definition) is 2. The Kier molecular flexibility index (Phi) is 6.89. The Morgan fingerprint density at radius 2 is 1.77 bits per heavy atom. The number of fused-ring (bicyclic) bond motifs is 2. The molecule has 8 nitrogen and oxygen atoms in total. The fourth-order valence-electron chi connectivity index (χ4n) is 6.04. The van der Waals surface area contributed by atoms with Gasteiger partial charge in [0.2, 0.25) is 0 Å². The van der Waals surface area contributed by atoms with Crippen LogP contribution < -0.4 is 11.1 Å². The molecule has 204 valence electrons. The van der Waals surface area contributed by atoms with Crippen molar-refractivity contribution in [3.63, 3.8) is 0 Å². The van der Waals surface area contributed by atoms with E-state index in [1.807, 2.05) is 24.4 Å². The molecule has 4 heterocycles. The summed E-state index contributed by atoms with van der Waals surface area (Å²) in [6.45, 7) is 6.03. The van der Waals surface area contributed by atoms with E-state index in [-0.39, 0.29) is 0 Å². The Morgan fingerprint density at radius 1 is 0.950 bits per heavy atom. The molecule has 0 amide bonds. The molecule has 0 unspecified atom stereocenters. The van der Waals surface area contributed by atoms with Crippen LogP contribution in [0.1, 0.15) is 31.0 Å². The van der Waals surface area contributed by atoms with Gasteiger partial charge in [-0.3, -0.25) is 9.30 Å². The van der Waals surface area contributed by atoms with Gasteiger partial charge in [0, 0.05) is 54.0 Å². The van der Waals surface area contributed by atoms with Crippen LogP contribution in [-0.2, 0) is 4.74 Å². The molecular weight excluding hydrogens is 498 g/mol. The second-order valence-corrected chi connectivity index (χ2v) is 10.9. The molecule has 40 heavy (non-hydrogen) atoms. The summed E-state index contributed by atoms with van der Waals surface area (Å²) in [5, 5.41) is 4.85. The van der Waals surface area contributed by atoms with Crippen LogP contribution >= 0.6 is 0 Å². The molecule has 1 aliphatic heterocycles. The molecule has 0 atom stereocenters. The van der Waals surface area contributed by atoms with Crippen molar-refractivity contribution < 1.29 is 4.74 Å². The van der Waals surface area contributed by atoms with E-state index in [2.05, 4.69) is 62.1 Å². The van der Waals surface area contributed by atoms with Gasteiger partial charge in [0.1, 0.15) is 22.9 Å². The summed E-state index contributed by atoms with van der Waals surface area (Å²) in [6.07, 6.45) is 7.09. The molecule has 3 aromatic heterocycles.